The van der Waals surface area contributed by atoms with E-state index in [4.69, 9.17) is 4.42 Å². The Morgan fingerprint density at radius 1 is 1.39 bits per heavy atom. The molecule has 0 spiro atoms. The van der Waals surface area contributed by atoms with E-state index in [1.165, 1.54) is 25.3 Å². The third-order valence-electron chi connectivity index (χ3n) is 2.78. The van der Waals surface area contributed by atoms with Gasteiger partial charge in [-0.3, -0.25) is 4.79 Å². The van der Waals surface area contributed by atoms with Gasteiger partial charge in [0.05, 0.1) is 6.26 Å². The lowest BCUT2D eigenvalue weighted by molar-refractivity contribution is -0.141. The number of carbonyl (C=O) groups excluding carboxylic acids is 1. The number of aryl methyl sites for hydroxylation is 1. The topological polar surface area (TPSA) is 68.0 Å². The van der Waals surface area contributed by atoms with E-state index >= 15 is 0 Å². The van der Waals surface area contributed by atoms with E-state index in [9.17, 15) is 18.0 Å². The van der Waals surface area contributed by atoms with Crippen LogP contribution in [-0.2, 0) is 17.4 Å². The standard InChI is InChI=1S/C15H14F3N3O2/c1-10-9-12(15(16,17)18)21-13(20-10)6-7-19-14(22)5-4-11-3-2-8-23-11/h2-5,8-9H,6-7H2,1H3,(H,19,22)/b5-4+. The van der Waals surface area contributed by atoms with Gasteiger partial charge in [-0.1, -0.05) is 0 Å². The van der Waals surface area contributed by atoms with Crippen molar-refractivity contribution >= 4 is 12.0 Å². The first-order valence-corrected chi connectivity index (χ1v) is 6.76. The molecular weight excluding hydrogens is 311 g/mol. The molecule has 2 heterocycles. The molecule has 0 fully saturated rings. The van der Waals surface area contributed by atoms with E-state index in [-0.39, 0.29) is 30.4 Å². The van der Waals surface area contributed by atoms with E-state index in [1.54, 1.807) is 12.1 Å². The lowest BCUT2D eigenvalue weighted by Gasteiger charge is -2.09. The largest absolute Gasteiger partial charge is 0.465 e. The molecule has 0 saturated carbocycles. The smallest absolute Gasteiger partial charge is 0.433 e. The zero-order valence-electron chi connectivity index (χ0n) is 12.2. The normalized spacial score (nSPS) is 11.8. The van der Waals surface area contributed by atoms with Gasteiger partial charge >= 0.3 is 6.18 Å². The molecule has 0 aromatic carbocycles. The van der Waals surface area contributed by atoms with Gasteiger partial charge < -0.3 is 9.73 Å². The molecule has 0 atom stereocenters. The SMILES string of the molecule is Cc1cc(C(F)(F)F)nc(CCNC(=O)/C=C/c2ccco2)n1. The predicted molar refractivity (Wildman–Crippen MR) is 76.2 cm³/mol. The van der Waals surface area contributed by atoms with E-state index in [0.29, 0.717) is 5.76 Å². The van der Waals surface area contributed by atoms with Gasteiger partial charge in [-0.2, -0.15) is 13.2 Å². The number of nitrogens with one attached hydrogen (secondary N) is 1. The van der Waals surface area contributed by atoms with Gasteiger partial charge in [0.1, 0.15) is 17.3 Å². The summed E-state index contributed by atoms with van der Waals surface area (Å²) in [6.07, 6.45) is -0.176. The molecule has 0 aliphatic rings. The molecule has 5 nitrogen and oxygen atoms in total. The summed E-state index contributed by atoms with van der Waals surface area (Å²) in [6, 6.07) is 4.25. The van der Waals surface area contributed by atoms with Crippen LogP contribution in [-0.4, -0.2) is 22.4 Å². The van der Waals surface area contributed by atoms with Crippen LogP contribution in [0.1, 0.15) is 23.0 Å². The van der Waals surface area contributed by atoms with E-state index in [2.05, 4.69) is 15.3 Å². The van der Waals surface area contributed by atoms with Crippen LogP contribution in [0, 0.1) is 6.92 Å². The molecular formula is C15H14F3N3O2. The molecule has 2 rings (SSSR count). The summed E-state index contributed by atoms with van der Waals surface area (Å²) >= 11 is 0. The Morgan fingerprint density at radius 3 is 2.83 bits per heavy atom. The maximum absolute atomic E-state index is 12.7. The first kappa shape index (κ1) is 16.7. The first-order valence-electron chi connectivity index (χ1n) is 6.76. The minimum atomic E-state index is -4.52. The summed E-state index contributed by atoms with van der Waals surface area (Å²) in [5, 5.41) is 2.54. The maximum Gasteiger partial charge on any atom is 0.433 e. The first-order chi connectivity index (χ1) is 10.8. The summed E-state index contributed by atoms with van der Waals surface area (Å²) in [5.41, 5.74) is -0.754. The summed E-state index contributed by atoms with van der Waals surface area (Å²) in [5.74, 6) is 0.176. The van der Waals surface area contributed by atoms with Crippen molar-refractivity contribution in [3.63, 3.8) is 0 Å². The highest BCUT2D eigenvalue weighted by atomic mass is 19.4. The lowest BCUT2D eigenvalue weighted by atomic mass is 10.3. The van der Waals surface area contributed by atoms with E-state index in [0.717, 1.165) is 6.07 Å². The van der Waals surface area contributed by atoms with Crippen molar-refractivity contribution in [3.05, 3.63) is 53.5 Å². The second kappa shape index (κ2) is 7.08. The number of aromatic nitrogens is 2. The van der Waals surface area contributed by atoms with Crippen molar-refractivity contribution in [2.75, 3.05) is 6.54 Å². The van der Waals surface area contributed by atoms with Gasteiger partial charge in [0.15, 0.2) is 0 Å². The van der Waals surface area contributed by atoms with Crippen LogP contribution in [0.4, 0.5) is 13.2 Å². The zero-order valence-corrected chi connectivity index (χ0v) is 12.2. The number of carbonyl (C=O) groups is 1. The monoisotopic (exact) mass is 325 g/mol. The van der Waals surface area contributed by atoms with Crippen molar-refractivity contribution in [2.45, 2.75) is 19.5 Å². The van der Waals surface area contributed by atoms with Crippen LogP contribution < -0.4 is 5.32 Å². The van der Waals surface area contributed by atoms with Crippen molar-refractivity contribution in [3.8, 4) is 0 Å². The quantitative estimate of drug-likeness (QED) is 0.858. The Bertz CT molecular complexity index is 694. The zero-order chi connectivity index (χ0) is 16.9. The second-order valence-electron chi connectivity index (χ2n) is 4.70. The third kappa shape index (κ3) is 5.24. The number of halogens is 3. The summed E-state index contributed by atoms with van der Waals surface area (Å²) in [7, 11) is 0. The number of hydrogen-bond donors (Lipinski definition) is 1. The third-order valence-corrected chi connectivity index (χ3v) is 2.78. The van der Waals surface area contributed by atoms with Gasteiger partial charge in [-0.15, -0.1) is 0 Å². The average molecular weight is 325 g/mol. The minimum absolute atomic E-state index is 0.0349. The summed E-state index contributed by atoms with van der Waals surface area (Å²) in [6.45, 7) is 1.59. The van der Waals surface area contributed by atoms with Crippen molar-refractivity contribution < 1.29 is 22.4 Å². The van der Waals surface area contributed by atoms with E-state index in [1.807, 2.05) is 0 Å². The number of amides is 1. The molecule has 1 amide bonds. The number of rotatable bonds is 5. The minimum Gasteiger partial charge on any atom is -0.465 e. The van der Waals surface area contributed by atoms with Crippen molar-refractivity contribution in [2.24, 2.45) is 0 Å². The fraction of sp³-hybridized carbons (Fsp3) is 0.267. The van der Waals surface area contributed by atoms with Crippen LogP contribution in [0.25, 0.3) is 6.08 Å². The Balaban J connectivity index is 1.89. The number of nitrogens with zero attached hydrogens (tertiary/aromatic N) is 2. The molecule has 0 aliphatic carbocycles. The highest BCUT2D eigenvalue weighted by molar-refractivity contribution is 5.91. The fourth-order valence-electron chi connectivity index (χ4n) is 1.79. The molecule has 2 aromatic rings. The van der Waals surface area contributed by atoms with Crippen molar-refractivity contribution in [1.82, 2.24) is 15.3 Å². The lowest BCUT2D eigenvalue weighted by Crippen LogP contribution is -2.24. The molecule has 0 saturated heterocycles. The summed E-state index contributed by atoms with van der Waals surface area (Å²) < 4.78 is 43.0. The molecule has 122 valence electrons. The molecule has 0 aliphatic heterocycles. The average Bonchev–Trinajstić information content (AvgIpc) is 2.97. The van der Waals surface area contributed by atoms with E-state index < -0.39 is 11.9 Å². The number of hydrogen-bond acceptors (Lipinski definition) is 4. The van der Waals surface area contributed by atoms with Gasteiger partial charge in [0.2, 0.25) is 5.91 Å². The Kier molecular flexibility index (Phi) is 5.15. The number of alkyl halides is 3. The molecule has 2 aromatic heterocycles. The second-order valence-corrected chi connectivity index (χ2v) is 4.70. The highest BCUT2D eigenvalue weighted by Gasteiger charge is 2.33. The predicted octanol–water partition coefficient (Wildman–Crippen LogP) is 2.77. The van der Waals surface area contributed by atoms with Crippen LogP contribution in [0.2, 0.25) is 0 Å². The van der Waals surface area contributed by atoms with Crippen molar-refractivity contribution in [1.29, 1.82) is 0 Å². The highest BCUT2D eigenvalue weighted by Crippen LogP contribution is 2.27. The Hall–Kier alpha value is -2.64. The van der Waals surface area contributed by atoms with Crippen LogP contribution >= 0.6 is 0 Å². The number of furan rings is 1. The van der Waals surface area contributed by atoms with Gasteiger partial charge in [0.25, 0.3) is 0 Å². The molecule has 23 heavy (non-hydrogen) atoms. The molecule has 8 heteroatoms. The molecule has 0 bridgehead atoms. The van der Waals surface area contributed by atoms with Crippen LogP contribution in [0.15, 0.2) is 35.0 Å². The molecule has 0 unspecified atom stereocenters. The van der Waals surface area contributed by atoms with Gasteiger partial charge in [0, 0.05) is 24.7 Å². The molecule has 1 N–H and O–H groups in total. The fourth-order valence-corrected chi connectivity index (χ4v) is 1.79. The van der Waals surface area contributed by atoms with Gasteiger partial charge in [-0.25, -0.2) is 9.97 Å². The van der Waals surface area contributed by atoms with Crippen LogP contribution in [0.3, 0.4) is 0 Å². The Labute approximate surface area is 130 Å². The summed E-state index contributed by atoms with van der Waals surface area (Å²) in [4.78, 5) is 19.0. The molecule has 0 radical (unpaired) electrons. The maximum atomic E-state index is 12.7. The Morgan fingerprint density at radius 2 is 2.17 bits per heavy atom. The van der Waals surface area contributed by atoms with Gasteiger partial charge in [-0.05, 0) is 31.2 Å². The van der Waals surface area contributed by atoms with Crippen LogP contribution in [0.5, 0.6) is 0 Å².